The van der Waals surface area contributed by atoms with E-state index in [1.54, 1.807) is 18.2 Å². The van der Waals surface area contributed by atoms with Crippen LogP contribution in [0.2, 0.25) is 0 Å². The molecule has 150 valence electrons. The second-order valence-corrected chi connectivity index (χ2v) is 8.13. The van der Waals surface area contributed by atoms with Crippen LogP contribution in [0, 0.1) is 10.8 Å². The van der Waals surface area contributed by atoms with E-state index in [1.165, 1.54) is 6.42 Å². The number of phenolic OH excluding ortho intramolecular Hbond substituents is 1. The van der Waals surface area contributed by atoms with Crippen molar-refractivity contribution in [3.05, 3.63) is 23.8 Å². The molecule has 0 saturated heterocycles. The molecule has 27 heavy (non-hydrogen) atoms. The number of amides is 2. The Morgan fingerprint density at radius 1 is 1.11 bits per heavy atom. The first-order valence-electron chi connectivity index (χ1n) is 10.2. The highest BCUT2D eigenvalue weighted by Gasteiger charge is 2.45. The largest absolute Gasteiger partial charge is 0.505 e. The van der Waals surface area contributed by atoms with E-state index >= 15 is 0 Å². The Hall–Kier alpha value is -2.04. The average Bonchev–Trinajstić information content (AvgIpc) is 2.69. The van der Waals surface area contributed by atoms with Crippen LogP contribution < -0.4 is 10.6 Å². The molecule has 1 aromatic rings. The normalized spacial score (nSPS) is 18.7. The minimum Gasteiger partial charge on any atom is -0.505 e. The topological polar surface area (TPSA) is 78.4 Å². The van der Waals surface area contributed by atoms with Crippen LogP contribution >= 0.6 is 0 Å². The number of para-hydroxylation sites is 1. The summed E-state index contributed by atoms with van der Waals surface area (Å²) < 4.78 is 0. The summed E-state index contributed by atoms with van der Waals surface area (Å²) in [5.41, 5.74) is 0.954. The smallest absolute Gasteiger partial charge is 0.255 e. The van der Waals surface area contributed by atoms with Crippen molar-refractivity contribution >= 4 is 18.0 Å². The van der Waals surface area contributed by atoms with Gasteiger partial charge in [0.1, 0.15) is 0 Å². The van der Waals surface area contributed by atoms with Gasteiger partial charge in [0.25, 0.3) is 5.91 Å². The van der Waals surface area contributed by atoms with E-state index < -0.39 is 0 Å². The molecule has 0 spiro atoms. The maximum absolute atomic E-state index is 12.9. The van der Waals surface area contributed by atoms with Crippen LogP contribution in [0.15, 0.2) is 18.2 Å². The first kappa shape index (κ1) is 21.3. The second kappa shape index (κ2) is 8.77. The number of hydrogen-bond donors (Lipinski definition) is 3. The van der Waals surface area contributed by atoms with Crippen molar-refractivity contribution in [2.45, 2.75) is 78.7 Å². The number of aromatic hydroxyl groups is 1. The van der Waals surface area contributed by atoms with Gasteiger partial charge in [-0.25, -0.2) is 0 Å². The molecule has 5 heteroatoms. The minimum atomic E-state index is -0.281. The van der Waals surface area contributed by atoms with Crippen LogP contribution in [-0.2, 0) is 4.79 Å². The third kappa shape index (κ3) is 4.45. The second-order valence-electron chi connectivity index (χ2n) is 8.13. The van der Waals surface area contributed by atoms with E-state index in [4.69, 9.17) is 0 Å². The molecule has 1 aromatic carbocycles. The predicted octanol–water partition coefficient (Wildman–Crippen LogP) is 4.86. The number of hydrogen-bond acceptors (Lipinski definition) is 3. The molecule has 1 aliphatic carbocycles. The zero-order chi connectivity index (χ0) is 20.1. The van der Waals surface area contributed by atoms with Crippen molar-refractivity contribution in [1.29, 1.82) is 0 Å². The Labute approximate surface area is 162 Å². The summed E-state index contributed by atoms with van der Waals surface area (Å²) in [6.07, 6.45) is 8.11. The molecule has 0 heterocycles. The van der Waals surface area contributed by atoms with Crippen LogP contribution in [0.3, 0.4) is 0 Å². The molecule has 0 aromatic heterocycles. The van der Waals surface area contributed by atoms with Crippen LogP contribution in [0.5, 0.6) is 5.75 Å². The number of carbonyl (C=O) groups excluding carboxylic acids is 2. The third-order valence-electron chi connectivity index (χ3n) is 6.94. The SMILES string of the molecule is CCC1(CC)CC(NC(=O)c2cccc(NC=O)c2O)CC(CC)(CC)C1. The lowest BCUT2D eigenvalue weighted by Crippen LogP contribution is -2.49. The summed E-state index contributed by atoms with van der Waals surface area (Å²) in [5.74, 6) is -0.469. The highest BCUT2D eigenvalue weighted by atomic mass is 16.3. The molecule has 0 radical (unpaired) electrons. The highest BCUT2D eigenvalue weighted by Crippen LogP contribution is 2.53. The number of anilines is 1. The summed E-state index contributed by atoms with van der Waals surface area (Å²) in [6.45, 7) is 9.02. The Balaban J connectivity index is 2.25. The van der Waals surface area contributed by atoms with Gasteiger partial charge in [-0.05, 0) is 42.2 Å². The third-order valence-corrected chi connectivity index (χ3v) is 6.94. The molecule has 5 nitrogen and oxygen atoms in total. The highest BCUT2D eigenvalue weighted by molar-refractivity contribution is 5.99. The van der Waals surface area contributed by atoms with Gasteiger partial charge in [-0.3, -0.25) is 9.59 Å². The zero-order valence-corrected chi connectivity index (χ0v) is 17.1. The van der Waals surface area contributed by atoms with Gasteiger partial charge in [-0.1, -0.05) is 59.4 Å². The van der Waals surface area contributed by atoms with E-state index in [2.05, 4.69) is 38.3 Å². The summed E-state index contributed by atoms with van der Waals surface area (Å²) in [5, 5.41) is 15.9. The van der Waals surface area contributed by atoms with Crippen LogP contribution in [0.1, 0.15) is 83.0 Å². The standard InChI is InChI=1S/C22H34N2O3/c1-5-21(6-2)12-16(13-22(7-3,8-4)14-21)24-20(27)17-10-9-11-18(19(17)26)23-15-25/h9-11,15-16,26H,5-8,12-14H2,1-4H3,(H,23,25)(H,24,27). The van der Waals surface area contributed by atoms with Crippen LogP contribution in [-0.4, -0.2) is 23.5 Å². The first-order chi connectivity index (χ1) is 12.9. The lowest BCUT2D eigenvalue weighted by atomic mass is 9.56. The first-order valence-corrected chi connectivity index (χ1v) is 10.2. The molecule has 0 bridgehead atoms. The van der Waals surface area contributed by atoms with Gasteiger partial charge in [0.2, 0.25) is 6.41 Å². The van der Waals surface area contributed by atoms with E-state index in [9.17, 15) is 14.7 Å². The molecule has 1 saturated carbocycles. The fraction of sp³-hybridized carbons (Fsp3) is 0.636. The Bertz CT molecular complexity index is 644. The average molecular weight is 375 g/mol. The fourth-order valence-corrected chi connectivity index (χ4v) is 4.91. The van der Waals surface area contributed by atoms with E-state index in [1.807, 2.05) is 0 Å². The molecular formula is C22H34N2O3. The van der Waals surface area contributed by atoms with Gasteiger partial charge in [0.15, 0.2) is 5.75 Å². The van der Waals surface area contributed by atoms with Gasteiger partial charge in [-0.15, -0.1) is 0 Å². The van der Waals surface area contributed by atoms with Crippen LogP contribution in [0.25, 0.3) is 0 Å². The number of carbonyl (C=O) groups is 2. The van der Waals surface area contributed by atoms with Crippen LogP contribution in [0.4, 0.5) is 5.69 Å². The zero-order valence-electron chi connectivity index (χ0n) is 17.1. The number of rotatable bonds is 8. The molecular weight excluding hydrogens is 340 g/mol. The lowest BCUT2D eigenvalue weighted by molar-refractivity contribution is -0.105. The molecule has 1 aliphatic rings. The Morgan fingerprint density at radius 2 is 1.67 bits per heavy atom. The summed E-state index contributed by atoms with van der Waals surface area (Å²) in [6, 6.07) is 4.91. The van der Waals surface area contributed by atoms with Crippen molar-refractivity contribution in [2.75, 3.05) is 5.32 Å². The lowest BCUT2D eigenvalue weighted by Gasteiger charge is -2.51. The molecule has 3 N–H and O–H groups in total. The van der Waals surface area contributed by atoms with Gasteiger partial charge in [0, 0.05) is 6.04 Å². The summed E-state index contributed by atoms with van der Waals surface area (Å²) in [4.78, 5) is 23.6. The number of phenols is 1. The van der Waals surface area contributed by atoms with Crippen molar-refractivity contribution in [3.63, 3.8) is 0 Å². The van der Waals surface area contributed by atoms with Gasteiger partial charge in [0.05, 0.1) is 11.3 Å². The van der Waals surface area contributed by atoms with E-state index in [0.29, 0.717) is 6.41 Å². The van der Waals surface area contributed by atoms with E-state index in [0.717, 1.165) is 38.5 Å². The summed E-state index contributed by atoms with van der Waals surface area (Å²) in [7, 11) is 0. The monoisotopic (exact) mass is 374 g/mol. The Kier molecular flexibility index (Phi) is 6.90. The molecule has 0 aliphatic heterocycles. The maximum atomic E-state index is 12.9. The Morgan fingerprint density at radius 3 is 2.15 bits per heavy atom. The van der Waals surface area contributed by atoms with Crippen molar-refractivity contribution in [2.24, 2.45) is 10.8 Å². The number of nitrogens with one attached hydrogen (secondary N) is 2. The predicted molar refractivity (Wildman–Crippen MR) is 109 cm³/mol. The molecule has 0 unspecified atom stereocenters. The summed E-state index contributed by atoms with van der Waals surface area (Å²) >= 11 is 0. The van der Waals surface area contributed by atoms with Crippen molar-refractivity contribution in [3.8, 4) is 5.75 Å². The maximum Gasteiger partial charge on any atom is 0.255 e. The number of benzene rings is 1. The molecule has 0 atom stereocenters. The molecule has 2 amide bonds. The quantitative estimate of drug-likeness (QED) is 0.449. The van der Waals surface area contributed by atoms with Gasteiger partial charge in [-0.2, -0.15) is 0 Å². The van der Waals surface area contributed by atoms with E-state index in [-0.39, 0.29) is 39.8 Å². The molecule has 2 rings (SSSR count). The van der Waals surface area contributed by atoms with Crippen molar-refractivity contribution < 1.29 is 14.7 Å². The van der Waals surface area contributed by atoms with Gasteiger partial charge >= 0.3 is 0 Å². The van der Waals surface area contributed by atoms with Gasteiger partial charge < -0.3 is 15.7 Å². The molecule has 1 fully saturated rings. The fourth-order valence-electron chi connectivity index (χ4n) is 4.91. The minimum absolute atomic E-state index is 0.0909. The van der Waals surface area contributed by atoms with Crippen molar-refractivity contribution in [1.82, 2.24) is 5.32 Å².